The monoisotopic (exact) mass is 479 g/mol. The summed E-state index contributed by atoms with van der Waals surface area (Å²) in [6.45, 7) is 0.392. The van der Waals surface area contributed by atoms with Crippen LogP contribution in [0.4, 0.5) is 5.69 Å². The predicted octanol–water partition coefficient (Wildman–Crippen LogP) is 4.62. The third-order valence-electron chi connectivity index (χ3n) is 4.76. The molecule has 0 saturated carbocycles. The van der Waals surface area contributed by atoms with Crippen molar-refractivity contribution in [2.75, 3.05) is 18.2 Å². The number of benzene rings is 2. The summed E-state index contributed by atoms with van der Waals surface area (Å²) in [5.74, 6) is 1.93. The van der Waals surface area contributed by atoms with Crippen molar-refractivity contribution in [3.05, 3.63) is 51.8 Å². The lowest BCUT2D eigenvalue weighted by Crippen LogP contribution is -2.32. The molecule has 0 N–H and O–H groups in total. The summed E-state index contributed by atoms with van der Waals surface area (Å²) in [6, 6.07) is 12.0. The van der Waals surface area contributed by atoms with Crippen molar-refractivity contribution >= 4 is 43.0 Å². The van der Waals surface area contributed by atoms with Gasteiger partial charge in [0.1, 0.15) is 5.75 Å². The number of hydrogen-bond acceptors (Lipinski definition) is 6. The summed E-state index contributed by atoms with van der Waals surface area (Å²) >= 11 is 4.99. The Kier molecular flexibility index (Phi) is 4.08. The molecule has 2 aliphatic heterocycles. The second kappa shape index (κ2) is 6.40. The number of methoxy groups -OCH3 is 1. The lowest BCUT2D eigenvalue weighted by atomic mass is 10.0. The molecule has 9 heteroatoms. The Morgan fingerprint density at radius 1 is 1.11 bits per heavy atom. The number of halogens is 1. The zero-order valence-corrected chi connectivity index (χ0v) is 17.9. The average Bonchev–Trinajstić information content (AvgIpc) is 3.31. The van der Waals surface area contributed by atoms with Crippen LogP contribution in [0.5, 0.6) is 17.2 Å². The number of hydrogen-bond donors (Lipinski definition) is 0. The van der Waals surface area contributed by atoms with E-state index in [1.165, 1.54) is 15.6 Å². The highest BCUT2D eigenvalue weighted by molar-refractivity contribution is 9.11. The molecular weight excluding hydrogens is 466 g/mol. The highest BCUT2D eigenvalue weighted by atomic mass is 79.9. The Bertz CT molecular complexity index is 1190. The highest BCUT2D eigenvalue weighted by Gasteiger charge is 2.35. The highest BCUT2D eigenvalue weighted by Crippen LogP contribution is 2.51. The zero-order chi connectivity index (χ0) is 19.5. The molecule has 0 bridgehead atoms. The van der Waals surface area contributed by atoms with E-state index < -0.39 is 10.0 Å². The van der Waals surface area contributed by atoms with Gasteiger partial charge in [-0.2, -0.15) is 0 Å². The van der Waals surface area contributed by atoms with Gasteiger partial charge in [-0.1, -0.05) is 0 Å². The zero-order valence-electron chi connectivity index (χ0n) is 14.6. The van der Waals surface area contributed by atoms with Gasteiger partial charge in [0.05, 0.1) is 32.9 Å². The van der Waals surface area contributed by atoms with Crippen LogP contribution in [0.1, 0.15) is 5.56 Å². The first-order valence-electron chi connectivity index (χ1n) is 8.36. The van der Waals surface area contributed by atoms with E-state index in [0.29, 0.717) is 22.9 Å². The topological polar surface area (TPSA) is 65.1 Å². The first kappa shape index (κ1) is 17.8. The maximum atomic E-state index is 13.4. The number of thiophene rings is 1. The molecule has 144 valence electrons. The van der Waals surface area contributed by atoms with Crippen molar-refractivity contribution in [2.24, 2.45) is 0 Å². The number of anilines is 1. The molecule has 3 aromatic rings. The second-order valence-electron chi connectivity index (χ2n) is 6.31. The number of ether oxygens (including phenoxy) is 3. The molecule has 6 nitrogen and oxygen atoms in total. The lowest BCUT2D eigenvalue weighted by Gasteiger charge is -2.30. The number of rotatable bonds is 3. The number of sulfonamides is 1. The normalized spacial score (nSPS) is 14.6. The van der Waals surface area contributed by atoms with E-state index in [4.69, 9.17) is 14.2 Å². The number of nitrogens with zero attached hydrogens (tertiary/aromatic N) is 1. The Labute approximate surface area is 174 Å². The van der Waals surface area contributed by atoms with E-state index in [0.717, 1.165) is 19.8 Å². The largest absolute Gasteiger partial charge is 0.497 e. The minimum Gasteiger partial charge on any atom is -0.497 e. The summed E-state index contributed by atoms with van der Waals surface area (Å²) in [6.07, 6.45) is 0. The standard InChI is InChI=1S/C19H14BrNO5S2/c1-24-12-2-4-13(5-3-12)28(22,23)21-9-11-6-16-17(26-10-25-16)7-14(11)19-15(21)8-18(20)27-19/h2-8H,9-10H2,1H3. The van der Waals surface area contributed by atoms with Gasteiger partial charge in [0, 0.05) is 5.56 Å². The van der Waals surface area contributed by atoms with Gasteiger partial charge in [-0.25, -0.2) is 8.42 Å². The molecule has 2 aliphatic rings. The van der Waals surface area contributed by atoms with Crippen molar-refractivity contribution < 1.29 is 22.6 Å². The van der Waals surface area contributed by atoms with E-state index in [-0.39, 0.29) is 18.2 Å². The molecule has 3 heterocycles. The predicted molar refractivity (Wildman–Crippen MR) is 110 cm³/mol. The van der Waals surface area contributed by atoms with Gasteiger partial charge in [0.2, 0.25) is 6.79 Å². The fraction of sp³-hybridized carbons (Fsp3) is 0.158. The number of fused-ring (bicyclic) bond motifs is 4. The Morgan fingerprint density at radius 3 is 2.54 bits per heavy atom. The molecule has 0 radical (unpaired) electrons. The molecule has 0 fully saturated rings. The third-order valence-corrected chi connectivity index (χ3v) is 8.19. The van der Waals surface area contributed by atoms with Crippen molar-refractivity contribution in [3.8, 4) is 27.7 Å². The van der Waals surface area contributed by atoms with E-state index in [1.807, 2.05) is 18.2 Å². The van der Waals surface area contributed by atoms with Crippen LogP contribution in [0.25, 0.3) is 10.4 Å². The lowest BCUT2D eigenvalue weighted by molar-refractivity contribution is 0.174. The third kappa shape index (κ3) is 2.68. The molecule has 1 aromatic heterocycles. The first-order chi connectivity index (χ1) is 13.5. The molecule has 0 unspecified atom stereocenters. The maximum Gasteiger partial charge on any atom is 0.264 e. The molecule has 2 aromatic carbocycles. The summed E-state index contributed by atoms with van der Waals surface area (Å²) in [4.78, 5) is 1.09. The molecule has 0 atom stereocenters. The van der Waals surface area contributed by atoms with E-state index in [2.05, 4.69) is 15.9 Å². The van der Waals surface area contributed by atoms with E-state index in [9.17, 15) is 8.42 Å². The molecule has 0 aliphatic carbocycles. The van der Waals surface area contributed by atoms with Crippen LogP contribution in [-0.2, 0) is 16.6 Å². The minimum atomic E-state index is -3.75. The summed E-state index contributed by atoms with van der Waals surface area (Å²) in [5.41, 5.74) is 2.50. The van der Waals surface area contributed by atoms with Gasteiger partial charge in [0.25, 0.3) is 10.0 Å². The van der Waals surface area contributed by atoms with E-state index in [1.54, 1.807) is 31.4 Å². The smallest absolute Gasteiger partial charge is 0.264 e. The van der Waals surface area contributed by atoms with Gasteiger partial charge in [0.15, 0.2) is 11.5 Å². The summed E-state index contributed by atoms with van der Waals surface area (Å²) in [7, 11) is -2.21. The van der Waals surface area contributed by atoms with Crippen LogP contribution in [0.2, 0.25) is 0 Å². The summed E-state index contributed by atoms with van der Waals surface area (Å²) < 4.78 is 45.3. The quantitative estimate of drug-likeness (QED) is 0.548. The van der Waals surface area contributed by atoms with Crippen LogP contribution in [0.15, 0.2) is 51.1 Å². The van der Waals surface area contributed by atoms with Crippen molar-refractivity contribution in [3.63, 3.8) is 0 Å². The Balaban J connectivity index is 1.65. The SMILES string of the molecule is COc1ccc(S(=O)(=O)N2Cc3cc4c(cc3-c3sc(Br)cc32)OCO4)cc1. The first-order valence-corrected chi connectivity index (χ1v) is 11.4. The van der Waals surface area contributed by atoms with Crippen LogP contribution in [-0.4, -0.2) is 22.3 Å². The van der Waals surface area contributed by atoms with Gasteiger partial charge in [-0.05, 0) is 64.0 Å². The Morgan fingerprint density at radius 2 is 1.82 bits per heavy atom. The molecule has 28 heavy (non-hydrogen) atoms. The van der Waals surface area contributed by atoms with Crippen LogP contribution >= 0.6 is 27.3 Å². The molecule has 0 spiro atoms. The van der Waals surface area contributed by atoms with Crippen LogP contribution < -0.4 is 18.5 Å². The fourth-order valence-corrected chi connectivity index (χ4v) is 6.53. The molecular formula is C19H14BrNO5S2. The maximum absolute atomic E-state index is 13.4. The van der Waals surface area contributed by atoms with Crippen molar-refractivity contribution in [1.29, 1.82) is 0 Å². The molecule has 0 saturated heterocycles. The Hall–Kier alpha value is -2.23. The second-order valence-corrected chi connectivity index (χ2v) is 10.6. The van der Waals surface area contributed by atoms with Gasteiger partial charge in [-0.3, -0.25) is 4.31 Å². The van der Waals surface area contributed by atoms with Crippen LogP contribution in [0, 0.1) is 0 Å². The van der Waals surface area contributed by atoms with Crippen molar-refractivity contribution in [2.45, 2.75) is 11.4 Å². The van der Waals surface area contributed by atoms with Gasteiger partial charge >= 0.3 is 0 Å². The van der Waals surface area contributed by atoms with Gasteiger partial charge in [-0.15, -0.1) is 11.3 Å². The molecule has 5 rings (SSSR count). The van der Waals surface area contributed by atoms with E-state index >= 15 is 0 Å². The minimum absolute atomic E-state index is 0.174. The summed E-state index contributed by atoms with van der Waals surface area (Å²) in [5, 5.41) is 0. The van der Waals surface area contributed by atoms with Gasteiger partial charge < -0.3 is 14.2 Å². The van der Waals surface area contributed by atoms with Crippen molar-refractivity contribution in [1.82, 2.24) is 0 Å². The molecule has 0 amide bonds. The fourth-order valence-electron chi connectivity index (χ4n) is 3.39. The van der Waals surface area contributed by atoms with Crippen LogP contribution in [0.3, 0.4) is 0 Å². The average molecular weight is 480 g/mol.